The van der Waals surface area contributed by atoms with Gasteiger partial charge in [-0.2, -0.15) is 0 Å². The predicted molar refractivity (Wildman–Crippen MR) is 135 cm³/mol. The Bertz CT molecular complexity index is 1590. The molecule has 6 aromatic rings. The van der Waals surface area contributed by atoms with Crippen molar-refractivity contribution in [1.82, 2.24) is 19.5 Å². The van der Waals surface area contributed by atoms with E-state index in [9.17, 15) is 5.11 Å². The molecule has 0 aliphatic heterocycles. The molecule has 6 rings (SSSR count). The minimum Gasteiger partial charge on any atom is -0.505 e. The van der Waals surface area contributed by atoms with E-state index in [0.717, 1.165) is 28.3 Å². The van der Waals surface area contributed by atoms with Crippen molar-refractivity contribution in [2.24, 2.45) is 0 Å². The lowest BCUT2D eigenvalue weighted by atomic mass is 10.1. The van der Waals surface area contributed by atoms with Gasteiger partial charge in [-0.1, -0.05) is 54.6 Å². The van der Waals surface area contributed by atoms with Crippen molar-refractivity contribution in [3.05, 3.63) is 116 Å². The molecule has 5 heteroatoms. The number of phenolic OH excluding ortho intramolecular Hbond substituents is 1. The van der Waals surface area contributed by atoms with Gasteiger partial charge in [0.25, 0.3) is 0 Å². The summed E-state index contributed by atoms with van der Waals surface area (Å²) in [6.07, 6.45) is 3.51. The molecule has 0 aliphatic rings. The van der Waals surface area contributed by atoms with Gasteiger partial charge in [0.15, 0.2) is 5.75 Å². The number of pyridine rings is 2. The molecule has 3 heterocycles. The minimum absolute atomic E-state index is 0.147. The predicted octanol–water partition coefficient (Wildman–Crippen LogP) is 6.52. The van der Waals surface area contributed by atoms with Crippen LogP contribution >= 0.6 is 0 Å². The van der Waals surface area contributed by atoms with Crippen LogP contribution in [0.15, 0.2) is 116 Å². The van der Waals surface area contributed by atoms with Crippen molar-refractivity contribution in [2.75, 3.05) is 0 Å². The van der Waals surface area contributed by atoms with Crippen molar-refractivity contribution in [2.45, 2.75) is 0 Å². The maximum atomic E-state index is 11.5. The SMILES string of the molecule is Oc1c(-c2ccccn2)ccc2nc(-c3ccccc3)n(-c3cccc(-c4ccccn4)c3)c12. The summed E-state index contributed by atoms with van der Waals surface area (Å²) in [7, 11) is 0. The molecular weight excluding hydrogens is 420 g/mol. The Morgan fingerprint density at radius 1 is 0.618 bits per heavy atom. The largest absolute Gasteiger partial charge is 0.505 e. The average Bonchev–Trinajstić information content (AvgIpc) is 3.31. The second-order valence-corrected chi connectivity index (χ2v) is 7.95. The van der Waals surface area contributed by atoms with Gasteiger partial charge in [0, 0.05) is 34.8 Å². The van der Waals surface area contributed by atoms with E-state index in [2.05, 4.69) is 16.0 Å². The van der Waals surface area contributed by atoms with Crippen LogP contribution in [0, 0.1) is 0 Å². The Morgan fingerprint density at radius 3 is 2.06 bits per heavy atom. The number of phenols is 1. The number of hydrogen-bond acceptors (Lipinski definition) is 4. The summed E-state index contributed by atoms with van der Waals surface area (Å²) in [5.74, 6) is 0.899. The fourth-order valence-electron chi connectivity index (χ4n) is 4.25. The second kappa shape index (κ2) is 8.30. The summed E-state index contributed by atoms with van der Waals surface area (Å²) < 4.78 is 2.01. The fraction of sp³-hybridized carbons (Fsp3) is 0. The van der Waals surface area contributed by atoms with Gasteiger partial charge in [-0.3, -0.25) is 14.5 Å². The van der Waals surface area contributed by atoms with E-state index in [4.69, 9.17) is 4.98 Å². The van der Waals surface area contributed by atoms with E-state index >= 15 is 0 Å². The third-order valence-corrected chi connectivity index (χ3v) is 5.83. The lowest BCUT2D eigenvalue weighted by molar-refractivity contribution is 0.481. The molecule has 0 saturated carbocycles. The Labute approximate surface area is 196 Å². The second-order valence-electron chi connectivity index (χ2n) is 7.95. The molecule has 0 aliphatic carbocycles. The van der Waals surface area contributed by atoms with Crippen LogP contribution in [0.25, 0.3) is 50.6 Å². The van der Waals surface area contributed by atoms with Gasteiger partial charge in [0.2, 0.25) is 0 Å². The van der Waals surface area contributed by atoms with E-state index < -0.39 is 0 Å². The zero-order valence-corrected chi connectivity index (χ0v) is 18.2. The first-order valence-corrected chi connectivity index (χ1v) is 11.0. The monoisotopic (exact) mass is 440 g/mol. The van der Waals surface area contributed by atoms with Crippen LogP contribution in [-0.4, -0.2) is 24.6 Å². The number of benzene rings is 3. The molecule has 0 atom stereocenters. The van der Waals surface area contributed by atoms with Crippen LogP contribution in [0.3, 0.4) is 0 Å². The number of rotatable bonds is 4. The Kier molecular flexibility index (Phi) is 4.85. The van der Waals surface area contributed by atoms with Crippen LogP contribution in [0.5, 0.6) is 5.75 Å². The highest BCUT2D eigenvalue weighted by molar-refractivity contribution is 5.94. The van der Waals surface area contributed by atoms with Gasteiger partial charge in [0.1, 0.15) is 11.3 Å². The molecule has 0 saturated heterocycles. The minimum atomic E-state index is 0.147. The molecule has 0 amide bonds. The number of hydrogen-bond donors (Lipinski definition) is 1. The van der Waals surface area contributed by atoms with Gasteiger partial charge in [-0.15, -0.1) is 0 Å². The Morgan fingerprint density at radius 2 is 1.32 bits per heavy atom. The van der Waals surface area contributed by atoms with Crippen molar-refractivity contribution < 1.29 is 5.11 Å². The molecular formula is C29H20N4O. The third kappa shape index (κ3) is 3.40. The first-order valence-electron chi connectivity index (χ1n) is 11.0. The standard InChI is InChI=1S/C29H20N4O/c34-28-23(25-14-5-7-18-31-25)15-16-26-27(28)33(29(32-26)20-9-2-1-3-10-20)22-12-8-11-21(19-22)24-13-4-6-17-30-24/h1-19,34H. The van der Waals surface area contributed by atoms with Crippen molar-refractivity contribution in [1.29, 1.82) is 0 Å². The van der Waals surface area contributed by atoms with E-state index in [1.807, 2.05) is 102 Å². The lowest BCUT2D eigenvalue weighted by Crippen LogP contribution is -1.99. The van der Waals surface area contributed by atoms with E-state index in [0.29, 0.717) is 22.3 Å². The molecule has 0 spiro atoms. The lowest BCUT2D eigenvalue weighted by Gasteiger charge is -2.13. The van der Waals surface area contributed by atoms with E-state index in [1.165, 1.54) is 0 Å². The van der Waals surface area contributed by atoms with Gasteiger partial charge in [-0.25, -0.2) is 4.98 Å². The number of aromatic nitrogens is 4. The summed E-state index contributed by atoms with van der Waals surface area (Å²) in [4.78, 5) is 13.9. The van der Waals surface area contributed by atoms with Crippen LogP contribution in [0.2, 0.25) is 0 Å². The van der Waals surface area contributed by atoms with E-state index in [1.54, 1.807) is 12.4 Å². The smallest absolute Gasteiger partial charge is 0.151 e. The fourth-order valence-corrected chi connectivity index (χ4v) is 4.25. The van der Waals surface area contributed by atoms with Crippen molar-refractivity contribution >= 4 is 11.0 Å². The molecule has 5 nitrogen and oxygen atoms in total. The van der Waals surface area contributed by atoms with Crippen LogP contribution in [0.1, 0.15) is 0 Å². The molecule has 3 aromatic carbocycles. The first kappa shape index (κ1) is 19.9. The number of nitrogens with zero attached hydrogens (tertiary/aromatic N) is 4. The summed E-state index contributed by atoms with van der Waals surface area (Å²) in [5, 5.41) is 11.5. The zero-order valence-electron chi connectivity index (χ0n) is 18.2. The van der Waals surface area contributed by atoms with Gasteiger partial charge < -0.3 is 5.11 Å². The van der Waals surface area contributed by atoms with Gasteiger partial charge in [-0.05, 0) is 48.5 Å². The number of imidazole rings is 1. The molecule has 0 radical (unpaired) electrons. The highest BCUT2D eigenvalue weighted by Crippen LogP contribution is 2.39. The summed E-state index contributed by atoms with van der Waals surface area (Å²) in [5.41, 5.74) is 6.43. The van der Waals surface area contributed by atoms with Crippen LogP contribution in [-0.2, 0) is 0 Å². The van der Waals surface area contributed by atoms with Crippen LogP contribution in [0.4, 0.5) is 0 Å². The molecule has 162 valence electrons. The molecule has 0 bridgehead atoms. The maximum Gasteiger partial charge on any atom is 0.151 e. The molecule has 34 heavy (non-hydrogen) atoms. The highest BCUT2D eigenvalue weighted by atomic mass is 16.3. The zero-order chi connectivity index (χ0) is 22.9. The molecule has 0 fully saturated rings. The molecule has 0 unspecified atom stereocenters. The molecule has 3 aromatic heterocycles. The van der Waals surface area contributed by atoms with Crippen molar-refractivity contribution in [3.8, 4) is 45.3 Å². The average molecular weight is 441 g/mol. The topological polar surface area (TPSA) is 63.8 Å². The Balaban J connectivity index is 1.65. The number of aromatic hydroxyl groups is 1. The highest BCUT2D eigenvalue weighted by Gasteiger charge is 2.20. The number of fused-ring (bicyclic) bond motifs is 1. The van der Waals surface area contributed by atoms with Crippen LogP contribution < -0.4 is 0 Å². The van der Waals surface area contributed by atoms with Crippen molar-refractivity contribution in [3.63, 3.8) is 0 Å². The third-order valence-electron chi connectivity index (χ3n) is 5.83. The summed E-state index contributed by atoms with van der Waals surface area (Å²) in [6.45, 7) is 0. The van der Waals surface area contributed by atoms with Gasteiger partial charge >= 0.3 is 0 Å². The quantitative estimate of drug-likeness (QED) is 0.339. The Hall–Kier alpha value is -4.77. The van der Waals surface area contributed by atoms with Gasteiger partial charge in [0.05, 0.1) is 16.9 Å². The molecule has 1 N–H and O–H groups in total. The summed E-state index contributed by atoms with van der Waals surface area (Å²) >= 11 is 0. The normalized spacial score (nSPS) is 11.1. The summed E-state index contributed by atoms with van der Waals surface area (Å²) in [6, 6.07) is 33.5. The maximum absolute atomic E-state index is 11.5. The first-order chi connectivity index (χ1) is 16.8. The van der Waals surface area contributed by atoms with E-state index in [-0.39, 0.29) is 5.75 Å².